The molecule has 0 radical (unpaired) electrons. The van der Waals surface area contributed by atoms with E-state index in [0.717, 1.165) is 37.9 Å². The zero-order valence-electron chi connectivity index (χ0n) is 14.4. The van der Waals surface area contributed by atoms with E-state index in [-0.39, 0.29) is 5.69 Å². The van der Waals surface area contributed by atoms with Crippen LogP contribution < -0.4 is 10.2 Å². The second-order valence-corrected chi connectivity index (χ2v) is 6.89. The number of phenolic OH excluding ortho intramolecular Hbond substituents is 1. The molecule has 2 N–H and O–H groups in total. The summed E-state index contributed by atoms with van der Waals surface area (Å²) in [5.74, 6) is -2.82. The van der Waals surface area contributed by atoms with Crippen molar-refractivity contribution in [3.05, 3.63) is 46.9 Å². The fraction of sp³-hybridized carbons (Fsp3) is 0.278. The van der Waals surface area contributed by atoms with Gasteiger partial charge < -0.3 is 15.3 Å². The van der Waals surface area contributed by atoms with Crippen LogP contribution in [0.4, 0.5) is 23.2 Å². The fourth-order valence-corrected chi connectivity index (χ4v) is 3.59. The Labute approximate surface area is 162 Å². The lowest BCUT2D eigenvalue weighted by Gasteiger charge is -2.30. The third-order valence-electron chi connectivity index (χ3n) is 4.68. The average molecular weight is 415 g/mol. The summed E-state index contributed by atoms with van der Waals surface area (Å²) in [6, 6.07) is 4.93. The van der Waals surface area contributed by atoms with Crippen LogP contribution in [-0.4, -0.2) is 41.1 Å². The normalized spacial score (nSPS) is 15.4. The summed E-state index contributed by atoms with van der Waals surface area (Å²) in [6.45, 7) is 3.20. The lowest BCUT2D eigenvalue weighted by Crippen LogP contribution is -2.43. The van der Waals surface area contributed by atoms with E-state index >= 15 is 0 Å². The fourth-order valence-electron chi connectivity index (χ4n) is 3.31. The number of hydrogen-bond acceptors (Lipinski definition) is 4. The van der Waals surface area contributed by atoms with E-state index in [0.29, 0.717) is 22.0 Å². The number of rotatable bonds is 2. The van der Waals surface area contributed by atoms with Gasteiger partial charge in [0.2, 0.25) is 0 Å². The highest BCUT2D eigenvalue weighted by atomic mass is 35.5. The molecular formula is C18H15ClF4N4O. The van der Waals surface area contributed by atoms with Gasteiger partial charge in [0.25, 0.3) is 0 Å². The number of hydrogen-bond donors (Lipinski definition) is 2. The lowest BCUT2D eigenvalue weighted by molar-refractivity contribution is -0.140. The summed E-state index contributed by atoms with van der Waals surface area (Å²) >= 11 is 6.42. The molecule has 4 rings (SSSR count). The quantitative estimate of drug-likeness (QED) is 0.623. The Morgan fingerprint density at radius 1 is 1.11 bits per heavy atom. The Kier molecular flexibility index (Phi) is 4.59. The number of aromatic hydroxyl groups is 1. The molecule has 0 saturated carbocycles. The largest absolute Gasteiger partial charge is 0.505 e. The van der Waals surface area contributed by atoms with Crippen molar-refractivity contribution < 1.29 is 22.7 Å². The molecule has 3 aromatic rings. The lowest BCUT2D eigenvalue weighted by atomic mass is 10.1. The Balaban J connectivity index is 1.82. The number of fused-ring (bicyclic) bond motifs is 1. The minimum Gasteiger partial charge on any atom is -0.505 e. The van der Waals surface area contributed by atoms with Crippen molar-refractivity contribution in [3.8, 4) is 11.4 Å². The summed E-state index contributed by atoms with van der Waals surface area (Å²) in [7, 11) is 0. The molecule has 148 valence electrons. The first kappa shape index (κ1) is 18.8. The molecule has 1 fully saturated rings. The predicted octanol–water partition coefficient (Wildman–Crippen LogP) is 3.95. The van der Waals surface area contributed by atoms with Gasteiger partial charge in [0.05, 0.1) is 33.7 Å². The van der Waals surface area contributed by atoms with Gasteiger partial charge in [-0.15, -0.1) is 0 Å². The SMILES string of the molecule is Oc1cc(-n2ncc3cc(N4CCNCC4)c(Cl)cc32)cc(C(F)(F)F)c1F. The van der Waals surface area contributed by atoms with E-state index in [2.05, 4.69) is 15.3 Å². The first-order chi connectivity index (χ1) is 13.3. The topological polar surface area (TPSA) is 53.3 Å². The zero-order chi connectivity index (χ0) is 20.1. The summed E-state index contributed by atoms with van der Waals surface area (Å²) < 4.78 is 54.1. The predicted molar refractivity (Wildman–Crippen MR) is 97.8 cm³/mol. The molecule has 2 aromatic carbocycles. The smallest absolute Gasteiger partial charge is 0.419 e. The molecule has 0 amide bonds. The van der Waals surface area contributed by atoms with Gasteiger partial charge in [-0.2, -0.15) is 18.3 Å². The molecule has 1 aliphatic rings. The van der Waals surface area contributed by atoms with Crippen molar-refractivity contribution in [1.82, 2.24) is 15.1 Å². The molecule has 1 aliphatic heterocycles. The number of piperazine rings is 1. The maximum Gasteiger partial charge on any atom is 0.419 e. The van der Waals surface area contributed by atoms with Gasteiger partial charge in [0, 0.05) is 37.6 Å². The van der Waals surface area contributed by atoms with E-state index in [4.69, 9.17) is 11.6 Å². The number of nitrogens with one attached hydrogen (secondary N) is 1. The maximum absolute atomic E-state index is 13.7. The van der Waals surface area contributed by atoms with Gasteiger partial charge in [0.1, 0.15) is 0 Å². The van der Waals surface area contributed by atoms with E-state index in [1.165, 1.54) is 10.9 Å². The molecule has 5 nitrogen and oxygen atoms in total. The van der Waals surface area contributed by atoms with Crippen molar-refractivity contribution in [1.29, 1.82) is 0 Å². The van der Waals surface area contributed by atoms with Gasteiger partial charge in [-0.25, -0.2) is 9.07 Å². The van der Waals surface area contributed by atoms with Gasteiger partial charge in [0.15, 0.2) is 11.6 Å². The molecule has 10 heteroatoms. The minimum absolute atomic E-state index is 0.118. The Morgan fingerprint density at radius 3 is 2.50 bits per heavy atom. The monoisotopic (exact) mass is 414 g/mol. The number of aromatic nitrogens is 2. The zero-order valence-corrected chi connectivity index (χ0v) is 15.1. The molecule has 28 heavy (non-hydrogen) atoms. The average Bonchev–Trinajstić information content (AvgIpc) is 3.05. The highest BCUT2D eigenvalue weighted by Gasteiger charge is 2.36. The van der Waals surface area contributed by atoms with E-state index < -0.39 is 23.3 Å². The van der Waals surface area contributed by atoms with Crippen LogP contribution in [0.25, 0.3) is 16.6 Å². The summed E-state index contributed by atoms with van der Waals surface area (Å²) in [4.78, 5) is 2.11. The minimum atomic E-state index is -4.95. The Hall–Kier alpha value is -2.52. The van der Waals surface area contributed by atoms with Crippen LogP contribution in [0, 0.1) is 5.82 Å². The van der Waals surface area contributed by atoms with Crippen LogP contribution in [0.1, 0.15) is 5.56 Å². The first-order valence-corrected chi connectivity index (χ1v) is 8.86. The third-order valence-corrected chi connectivity index (χ3v) is 4.99. The van der Waals surface area contributed by atoms with Crippen molar-refractivity contribution in [2.24, 2.45) is 0 Å². The van der Waals surface area contributed by atoms with Crippen molar-refractivity contribution >= 4 is 28.2 Å². The number of phenols is 1. The highest BCUT2D eigenvalue weighted by Crippen LogP contribution is 2.38. The molecule has 0 aliphatic carbocycles. The molecule has 0 spiro atoms. The molecule has 1 aromatic heterocycles. The second kappa shape index (κ2) is 6.82. The molecular weight excluding hydrogens is 400 g/mol. The van der Waals surface area contributed by atoms with Crippen molar-refractivity contribution in [3.63, 3.8) is 0 Å². The maximum atomic E-state index is 13.7. The molecule has 0 atom stereocenters. The number of anilines is 1. The standard InChI is InChI=1S/C18H15ClF4N4O/c19-13-8-14-10(5-15(13)26-3-1-24-2-4-26)9-25-27(14)11-6-12(18(21,22)23)17(20)16(28)7-11/h5-9,24,28H,1-4H2. The molecule has 1 saturated heterocycles. The van der Waals surface area contributed by atoms with E-state index in [9.17, 15) is 22.7 Å². The van der Waals surface area contributed by atoms with E-state index in [1.54, 1.807) is 6.07 Å². The van der Waals surface area contributed by atoms with Gasteiger partial charge in [-0.3, -0.25) is 0 Å². The summed E-state index contributed by atoms with van der Waals surface area (Å²) in [5, 5.41) is 18.1. The number of halogens is 5. The third kappa shape index (κ3) is 3.24. The number of benzene rings is 2. The molecule has 0 unspecified atom stereocenters. The van der Waals surface area contributed by atoms with Crippen molar-refractivity contribution in [2.75, 3.05) is 31.1 Å². The van der Waals surface area contributed by atoms with Crippen LogP contribution >= 0.6 is 11.6 Å². The first-order valence-electron chi connectivity index (χ1n) is 8.49. The molecule has 0 bridgehead atoms. The highest BCUT2D eigenvalue weighted by molar-refractivity contribution is 6.34. The number of nitrogens with zero attached hydrogens (tertiary/aromatic N) is 3. The van der Waals surface area contributed by atoms with Gasteiger partial charge >= 0.3 is 6.18 Å². The summed E-state index contributed by atoms with van der Waals surface area (Å²) in [6.07, 6.45) is -3.46. The van der Waals surface area contributed by atoms with Gasteiger partial charge in [-0.1, -0.05) is 11.6 Å². The van der Waals surface area contributed by atoms with Crippen LogP contribution in [0.15, 0.2) is 30.5 Å². The molecule has 2 heterocycles. The summed E-state index contributed by atoms with van der Waals surface area (Å²) in [5.41, 5.74) is -0.418. The van der Waals surface area contributed by atoms with E-state index in [1.807, 2.05) is 6.07 Å². The van der Waals surface area contributed by atoms with Crippen molar-refractivity contribution in [2.45, 2.75) is 6.18 Å². The Bertz CT molecular complexity index is 1040. The Morgan fingerprint density at radius 2 is 1.82 bits per heavy atom. The van der Waals surface area contributed by atoms with Crippen LogP contribution in [0.5, 0.6) is 5.75 Å². The van der Waals surface area contributed by atoms with Crippen LogP contribution in [0.2, 0.25) is 5.02 Å². The second-order valence-electron chi connectivity index (χ2n) is 6.48. The van der Waals surface area contributed by atoms with Gasteiger partial charge in [-0.05, 0) is 18.2 Å². The number of alkyl halides is 3. The van der Waals surface area contributed by atoms with Crippen LogP contribution in [0.3, 0.4) is 0 Å². The van der Waals surface area contributed by atoms with Crippen LogP contribution in [-0.2, 0) is 6.18 Å².